The van der Waals surface area contributed by atoms with Crippen molar-refractivity contribution in [2.45, 2.75) is 121 Å². The Balaban J connectivity index is 1.22. The lowest BCUT2D eigenvalue weighted by atomic mass is 9.75. The first kappa shape index (κ1) is 47.0. The number of nitrogens with zero attached hydrogens (tertiary/aromatic N) is 8. The highest BCUT2D eigenvalue weighted by Crippen LogP contribution is 2.42. The Morgan fingerprint density at radius 3 is 2.56 bits per heavy atom. The molecule has 0 aliphatic carbocycles. The van der Waals surface area contributed by atoms with Gasteiger partial charge in [-0.05, 0) is 111 Å². The van der Waals surface area contributed by atoms with E-state index in [1.165, 1.54) is 19.4 Å². The van der Waals surface area contributed by atoms with Gasteiger partial charge in [0.2, 0.25) is 0 Å². The molecule has 3 aromatic carbocycles. The second-order valence-electron chi connectivity index (χ2n) is 19.3. The molecule has 356 valence electrons. The summed E-state index contributed by atoms with van der Waals surface area (Å²) in [6, 6.07) is 21.6. The number of benzene rings is 3. The first-order valence-corrected chi connectivity index (χ1v) is 24.9. The highest BCUT2D eigenvalue weighted by atomic mass is 32.2. The average molecular weight is 943 g/mol. The number of aromatic nitrogens is 8. The predicted octanol–water partition coefficient (Wildman–Crippen LogP) is 9.30. The Bertz CT molecular complexity index is 3080. The van der Waals surface area contributed by atoms with Crippen molar-refractivity contribution in [1.29, 1.82) is 0 Å². The van der Waals surface area contributed by atoms with Crippen molar-refractivity contribution in [3.63, 3.8) is 0 Å². The minimum atomic E-state index is -4.12. The number of esters is 1. The fraction of sp³-hybridized carbons (Fsp3) is 0.423. The Hall–Kier alpha value is -6.10. The van der Waals surface area contributed by atoms with Crippen LogP contribution in [-0.2, 0) is 59.9 Å². The quantitative estimate of drug-likeness (QED) is 0.134. The average Bonchev–Trinajstić information content (AvgIpc) is 4.09. The molecule has 2 unspecified atom stereocenters. The topological polar surface area (TPSA) is 158 Å². The van der Waals surface area contributed by atoms with Crippen LogP contribution in [0.5, 0.6) is 0 Å². The summed E-state index contributed by atoms with van der Waals surface area (Å²) >= 11 is 0. The van der Waals surface area contributed by atoms with Crippen LogP contribution in [0, 0.1) is 18.7 Å². The minimum Gasteiger partial charge on any atom is -0.469 e. The second kappa shape index (κ2) is 18.8. The molecule has 0 radical (unpaired) electrons. The van der Waals surface area contributed by atoms with Crippen molar-refractivity contribution in [2.75, 3.05) is 13.7 Å². The number of methoxy groups -OCH3 is 1. The molecule has 1 fully saturated rings. The lowest BCUT2D eigenvalue weighted by Crippen LogP contribution is -2.26. The van der Waals surface area contributed by atoms with Crippen molar-refractivity contribution < 1.29 is 31.8 Å². The standard InChI is InChI=1S/C52H59FN8O6S/c1-33-16-18-38(19-17-33)68(63,64)61-25-21-39-40-31-60-32-44(56-58-60)51(3,4)22-9-10-23-52(5,37-14-12-13-35(28-37)27-34(2)49(62)65-7)50-55-48(59(6)57-50)42-29-36(20-24-54-42)47(46(40)41(53)30-43(39)61)67-45-15-8-11-26-66-45/h12-14,16-21,24-25,28-30,32,34,45,47H,8-11,15,22-23,26-27,31H2,1-7H3/t34-,45?,47?,52+/m0/s1. The van der Waals surface area contributed by atoms with E-state index in [0.717, 1.165) is 64.9 Å². The van der Waals surface area contributed by atoms with Crippen molar-refractivity contribution in [3.8, 4) is 11.5 Å². The van der Waals surface area contributed by atoms with Crippen molar-refractivity contribution in [3.05, 3.63) is 142 Å². The summed E-state index contributed by atoms with van der Waals surface area (Å²) in [4.78, 5) is 22.6. The number of pyridine rings is 1. The van der Waals surface area contributed by atoms with Crippen molar-refractivity contribution in [1.82, 2.24) is 38.7 Å². The SMILES string of the molecule is COC(=O)[C@@H](C)Cc1cccc([C@@]2(C)CCCCC(C)(C)c3cn(nn3)Cc3c(c(F)cc4c3ccn4S(=O)(=O)c3ccc(C)cc3)C(OC3CCCCO3)c3ccnc(c3)-c3nc2nn3C)c1. The number of rotatable bonds is 8. The molecule has 9 rings (SSSR count). The molecule has 1 saturated heterocycles. The molecule has 16 heteroatoms. The van der Waals surface area contributed by atoms with Crippen molar-refractivity contribution in [2.24, 2.45) is 13.0 Å². The van der Waals surface area contributed by atoms with E-state index in [4.69, 9.17) is 34.4 Å². The van der Waals surface area contributed by atoms with E-state index < -0.39 is 39.1 Å². The number of halogens is 1. The number of fused-ring (bicyclic) bond motifs is 10. The molecule has 2 aliphatic heterocycles. The Kier molecular flexibility index (Phi) is 13.0. The summed E-state index contributed by atoms with van der Waals surface area (Å²) in [5.74, 6) is -0.102. The van der Waals surface area contributed by atoms with Gasteiger partial charge in [-0.2, -0.15) is 5.10 Å². The van der Waals surface area contributed by atoms with E-state index in [1.54, 1.807) is 52.0 Å². The zero-order valence-electron chi connectivity index (χ0n) is 39.8. The largest absolute Gasteiger partial charge is 0.469 e. The van der Waals surface area contributed by atoms with E-state index in [9.17, 15) is 13.2 Å². The Morgan fingerprint density at radius 1 is 1.00 bits per heavy atom. The molecule has 4 atom stereocenters. The first-order chi connectivity index (χ1) is 32.5. The van der Waals surface area contributed by atoms with Gasteiger partial charge < -0.3 is 14.2 Å². The molecule has 0 N–H and O–H groups in total. The van der Waals surface area contributed by atoms with E-state index in [1.807, 2.05) is 45.3 Å². The van der Waals surface area contributed by atoms with Crippen molar-refractivity contribution >= 4 is 26.9 Å². The van der Waals surface area contributed by atoms with Crippen LogP contribution in [0.2, 0.25) is 0 Å². The van der Waals surface area contributed by atoms with Gasteiger partial charge in [0.15, 0.2) is 17.9 Å². The third kappa shape index (κ3) is 9.13. The summed E-state index contributed by atoms with van der Waals surface area (Å²) in [5, 5.41) is 14.9. The van der Waals surface area contributed by atoms with Gasteiger partial charge in [-0.3, -0.25) is 9.78 Å². The lowest BCUT2D eigenvalue weighted by Gasteiger charge is -2.30. The molecule has 2 aliphatic rings. The third-order valence-corrected chi connectivity index (χ3v) is 15.6. The maximum Gasteiger partial charge on any atom is 0.308 e. The van der Waals surface area contributed by atoms with Gasteiger partial charge in [0.1, 0.15) is 17.6 Å². The van der Waals surface area contributed by atoms with E-state index in [-0.39, 0.29) is 34.4 Å². The Labute approximate surface area is 396 Å². The molecule has 0 spiro atoms. The van der Waals surface area contributed by atoms with Crippen LogP contribution >= 0.6 is 0 Å². The molecule has 14 nitrogen and oxygen atoms in total. The van der Waals surface area contributed by atoms with E-state index >= 15 is 4.39 Å². The minimum absolute atomic E-state index is 0.0626. The van der Waals surface area contributed by atoms with Gasteiger partial charge in [-0.25, -0.2) is 31.1 Å². The Morgan fingerprint density at radius 2 is 1.79 bits per heavy atom. The van der Waals surface area contributed by atoms with E-state index in [2.05, 4.69) is 38.1 Å². The van der Waals surface area contributed by atoms with E-state index in [0.29, 0.717) is 53.3 Å². The molecule has 0 saturated carbocycles. The molecule has 68 heavy (non-hydrogen) atoms. The number of hydrogen-bond acceptors (Lipinski definition) is 11. The summed E-state index contributed by atoms with van der Waals surface area (Å²) in [5.41, 5.74) is 4.68. The van der Waals surface area contributed by atoms with Crippen LogP contribution < -0.4 is 0 Å². The maximum atomic E-state index is 17.7. The molecular formula is C52H59FN8O6S. The zero-order chi connectivity index (χ0) is 48.0. The number of carbonyl (C=O) groups excluding carboxylic acids is 1. The first-order valence-electron chi connectivity index (χ1n) is 23.4. The van der Waals surface area contributed by atoms with Crippen LogP contribution in [0.1, 0.15) is 124 Å². The fourth-order valence-electron chi connectivity index (χ4n) is 9.74. The monoisotopic (exact) mass is 942 g/mol. The highest BCUT2D eigenvalue weighted by molar-refractivity contribution is 7.90. The summed E-state index contributed by atoms with van der Waals surface area (Å²) < 4.78 is 68.9. The lowest BCUT2D eigenvalue weighted by molar-refractivity contribution is -0.182. The van der Waals surface area contributed by atoms with Crippen LogP contribution in [0.3, 0.4) is 0 Å². The molecule has 6 heterocycles. The molecule has 4 aromatic heterocycles. The van der Waals surface area contributed by atoms with Gasteiger partial charge in [0.05, 0.1) is 41.1 Å². The van der Waals surface area contributed by atoms with Gasteiger partial charge in [-0.15, -0.1) is 5.10 Å². The number of ether oxygens (including phenoxy) is 3. The van der Waals surface area contributed by atoms with Gasteiger partial charge in [0, 0.05) is 48.6 Å². The maximum absolute atomic E-state index is 17.7. The highest BCUT2D eigenvalue weighted by Gasteiger charge is 2.37. The molecule has 6 bridgehead atoms. The normalized spacial score (nSPS) is 20.5. The van der Waals surface area contributed by atoms with Crippen LogP contribution in [-0.4, -0.2) is 73.1 Å². The molecule has 0 amide bonds. The smallest absolute Gasteiger partial charge is 0.308 e. The van der Waals surface area contributed by atoms with Gasteiger partial charge >= 0.3 is 5.97 Å². The summed E-state index contributed by atoms with van der Waals surface area (Å²) in [7, 11) is -0.867. The van der Waals surface area contributed by atoms with Gasteiger partial charge in [-0.1, -0.05) is 80.8 Å². The number of carbonyl (C=O) groups is 1. The third-order valence-electron chi connectivity index (χ3n) is 13.9. The van der Waals surface area contributed by atoms with Crippen LogP contribution in [0.15, 0.2) is 96.3 Å². The number of hydrogen-bond donors (Lipinski definition) is 0. The van der Waals surface area contributed by atoms with Crippen LogP contribution in [0.25, 0.3) is 22.4 Å². The fourth-order valence-corrected chi connectivity index (χ4v) is 11.1. The number of aryl methyl sites for hydroxylation is 2. The predicted molar refractivity (Wildman–Crippen MR) is 255 cm³/mol. The second-order valence-corrected chi connectivity index (χ2v) is 21.2. The van der Waals surface area contributed by atoms with Gasteiger partial charge in [0.25, 0.3) is 10.0 Å². The van der Waals surface area contributed by atoms with Crippen LogP contribution in [0.4, 0.5) is 4.39 Å². The summed E-state index contributed by atoms with van der Waals surface area (Å²) in [6.45, 7) is 10.8. The molecular weight excluding hydrogens is 884 g/mol. The zero-order valence-corrected chi connectivity index (χ0v) is 40.6. The molecule has 7 aromatic rings. The summed E-state index contributed by atoms with van der Waals surface area (Å²) in [6.07, 6.45) is 9.47.